The van der Waals surface area contributed by atoms with Gasteiger partial charge in [-0.1, -0.05) is 35.1 Å². The second-order valence-electron chi connectivity index (χ2n) is 8.92. The normalized spacial score (nSPS) is 16.1. The lowest BCUT2D eigenvalue weighted by molar-refractivity contribution is -0.141. The number of fused-ring (bicyclic) bond motifs is 1. The van der Waals surface area contributed by atoms with Crippen LogP contribution in [-0.4, -0.2) is 49.4 Å². The summed E-state index contributed by atoms with van der Waals surface area (Å²) in [5.74, 6) is -1.09. The van der Waals surface area contributed by atoms with Crippen molar-refractivity contribution in [3.05, 3.63) is 57.9 Å². The van der Waals surface area contributed by atoms with Crippen molar-refractivity contribution in [1.82, 2.24) is 8.87 Å². The Morgan fingerprint density at radius 2 is 1.71 bits per heavy atom. The fraction of sp³-hybridized carbons (Fsp3) is 0.400. The molecule has 0 saturated carbocycles. The van der Waals surface area contributed by atoms with Gasteiger partial charge in [0.05, 0.1) is 22.2 Å². The lowest BCUT2D eigenvalue weighted by Crippen LogP contribution is -2.40. The first-order chi connectivity index (χ1) is 16.6. The van der Waals surface area contributed by atoms with Crippen molar-refractivity contribution in [2.24, 2.45) is 10.9 Å². The molecule has 2 aromatic carbocycles. The number of ether oxygens (including phenoxy) is 1. The van der Waals surface area contributed by atoms with Crippen LogP contribution < -0.4 is 4.80 Å². The molecule has 1 saturated heterocycles. The number of nitrogens with zero attached hydrogens (tertiary/aromatic N) is 3. The minimum Gasteiger partial charge on any atom is -0.468 e. The first kappa shape index (κ1) is 25.3. The molecule has 8 nitrogen and oxygen atoms in total. The molecule has 35 heavy (non-hydrogen) atoms. The summed E-state index contributed by atoms with van der Waals surface area (Å²) < 4.78 is 34.9. The number of hydrogen-bond acceptors (Lipinski definition) is 6. The maximum absolute atomic E-state index is 13.1. The molecule has 1 aromatic heterocycles. The molecule has 0 atom stereocenters. The third-order valence-electron chi connectivity index (χ3n) is 6.30. The molecule has 0 spiro atoms. The predicted molar refractivity (Wildman–Crippen MR) is 135 cm³/mol. The molecule has 0 unspecified atom stereocenters. The van der Waals surface area contributed by atoms with Crippen LogP contribution in [0.15, 0.2) is 46.3 Å². The van der Waals surface area contributed by atoms with E-state index in [4.69, 9.17) is 4.74 Å². The first-order valence-electron chi connectivity index (χ1n) is 11.4. The van der Waals surface area contributed by atoms with Gasteiger partial charge in [-0.05, 0) is 62.9 Å². The maximum atomic E-state index is 13.1. The number of carbonyl (C=O) groups excluding carboxylic acids is 2. The quantitative estimate of drug-likeness (QED) is 0.486. The first-order valence-corrected chi connectivity index (χ1v) is 13.7. The standard InChI is InChI=1S/C25H29N3O5S2/c1-16-5-7-20(8-6-16)35(31,32)27-11-9-19(10-12-27)24(30)26-25-28(15-22(29)33-4)21-14-17(2)13-18(3)23(21)34-25/h5-8,13-14,19H,9-12,15H2,1-4H3. The molecular weight excluding hydrogens is 486 g/mol. The number of carbonyl (C=O) groups is 2. The van der Waals surface area contributed by atoms with Gasteiger partial charge in [-0.3, -0.25) is 9.59 Å². The molecule has 0 radical (unpaired) electrons. The average Bonchev–Trinajstić information content (AvgIpc) is 3.16. The Kier molecular flexibility index (Phi) is 7.25. The fourth-order valence-corrected chi connectivity index (χ4v) is 6.89. The molecule has 1 fully saturated rings. The van der Waals surface area contributed by atoms with Crippen LogP contribution in [0.4, 0.5) is 0 Å². The number of amides is 1. The smallest absolute Gasteiger partial charge is 0.325 e. The monoisotopic (exact) mass is 515 g/mol. The molecule has 10 heteroatoms. The third-order valence-corrected chi connectivity index (χ3v) is 9.44. The maximum Gasteiger partial charge on any atom is 0.325 e. The molecule has 1 aliphatic heterocycles. The number of esters is 1. The number of hydrogen-bond donors (Lipinski definition) is 0. The number of piperidine rings is 1. The summed E-state index contributed by atoms with van der Waals surface area (Å²) >= 11 is 1.37. The Morgan fingerprint density at radius 3 is 2.34 bits per heavy atom. The summed E-state index contributed by atoms with van der Waals surface area (Å²) in [4.78, 5) is 30.3. The van der Waals surface area contributed by atoms with Crippen LogP contribution >= 0.6 is 11.3 Å². The Labute approximate surface area is 208 Å². The second kappa shape index (κ2) is 10.0. The summed E-state index contributed by atoms with van der Waals surface area (Å²) in [6.45, 7) is 6.35. The van der Waals surface area contributed by atoms with E-state index < -0.39 is 16.0 Å². The SMILES string of the molecule is COC(=O)Cn1c(=NC(=O)C2CCN(S(=O)(=O)c3ccc(C)cc3)CC2)sc2c(C)cc(C)cc21. The van der Waals surface area contributed by atoms with Crippen molar-refractivity contribution < 1.29 is 22.7 Å². The van der Waals surface area contributed by atoms with E-state index in [1.807, 2.05) is 26.8 Å². The molecular formula is C25H29N3O5S2. The summed E-state index contributed by atoms with van der Waals surface area (Å²) in [6.07, 6.45) is 0.793. The van der Waals surface area contributed by atoms with Gasteiger partial charge in [-0.2, -0.15) is 9.30 Å². The van der Waals surface area contributed by atoms with E-state index in [1.165, 1.54) is 22.8 Å². The number of thiazole rings is 1. The van der Waals surface area contributed by atoms with E-state index >= 15 is 0 Å². The van der Waals surface area contributed by atoms with Crippen molar-refractivity contribution in [2.75, 3.05) is 20.2 Å². The van der Waals surface area contributed by atoms with E-state index in [-0.39, 0.29) is 36.4 Å². The van der Waals surface area contributed by atoms with Gasteiger partial charge in [0, 0.05) is 19.0 Å². The number of sulfonamides is 1. The Morgan fingerprint density at radius 1 is 1.06 bits per heavy atom. The van der Waals surface area contributed by atoms with E-state index in [2.05, 4.69) is 11.1 Å². The molecule has 3 aromatic rings. The van der Waals surface area contributed by atoms with Crippen molar-refractivity contribution in [1.29, 1.82) is 0 Å². The van der Waals surface area contributed by atoms with E-state index in [0.717, 1.165) is 26.9 Å². The van der Waals surface area contributed by atoms with Crippen molar-refractivity contribution >= 4 is 43.5 Å². The van der Waals surface area contributed by atoms with Gasteiger partial charge < -0.3 is 9.30 Å². The minimum atomic E-state index is -3.60. The Bertz CT molecular complexity index is 1440. The van der Waals surface area contributed by atoms with Crippen LogP contribution in [-0.2, 0) is 30.9 Å². The molecule has 0 N–H and O–H groups in total. The topological polar surface area (TPSA) is 98.0 Å². The van der Waals surface area contributed by atoms with Crippen LogP contribution in [0, 0.1) is 26.7 Å². The number of benzene rings is 2. The number of rotatable bonds is 5. The van der Waals surface area contributed by atoms with Crippen LogP contribution in [0.25, 0.3) is 10.2 Å². The number of aryl methyl sites for hydroxylation is 3. The third kappa shape index (κ3) is 5.24. The second-order valence-corrected chi connectivity index (χ2v) is 11.8. The molecule has 4 rings (SSSR count). The highest BCUT2D eigenvalue weighted by atomic mass is 32.2. The number of aromatic nitrogens is 1. The zero-order valence-electron chi connectivity index (χ0n) is 20.3. The summed E-state index contributed by atoms with van der Waals surface area (Å²) in [5.41, 5.74) is 3.92. The molecule has 1 amide bonds. The summed E-state index contributed by atoms with van der Waals surface area (Å²) in [5, 5.41) is 0. The van der Waals surface area contributed by atoms with Crippen LogP contribution in [0.5, 0.6) is 0 Å². The van der Waals surface area contributed by atoms with Crippen molar-refractivity contribution in [3.63, 3.8) is 0 Å². The highest BCUT2D eigenvalue weighted by Crippen LogP contribution is 2.26. The van der Waals surface area contributed by atoms with Crippen molar-refractivity contribution in [2.45, 2.75) is 45.1 Å². The predicted octanol–water partition coefficient (Wildman–Crippen LogP) is 3.33. The van der Waals surface area contributed by atoms with Gasteiger partial charge in [0.1, 0.15) is 6.54 Å². The fourth-order valence-electron chi connectivity index (χ4n) is 4.33. The Hall–Kier alpha value is -2.82. The van der Waals surface area contributed by atoms with Gasteiger partial charge in [-0.25, -0.2) is 8.42 Å². The van der Waals surface area contributed by atoms with Gasteiger partial charge in [0.15, 0.2) is 4.80 Å². The van der Waals surface area contributed by atoms with E-state index in [9.17, 15) is 18.0 Å². The zero-order valence-corrected chi connectivity index (χ0v) is 21.9. The Balaban J connectivity index is 1.58. The lowest BCUT2D eigenvalue weighted by Gasteiger charge is -2.29. The summed E-state index contributed by atoms with van der Waals surface area (Å²) in [7, 11) is -2.27. The molecule has 2 heterocycles. The van der Waals surface area contributed by atoms with Crippen LogP contribution in [0.2, 0.25) is 0 Å². The molecule has 1 aliphatic rings. The van der Waals surface area contributed by atoms with Crippen LogP contribution in [0.3, 0.4) is 0 Å². The zero-order chi connectivity index (χ0) is 25.3. The van der Waals surface area contributed by atoms with Gasteiger partial charge in [-0.15, -0.1) is 0 Å². The minimum absolute atomic E-state index is 0.0429. The highest BCUT2D eigenvalue weighted by Gasteiger charge is 2.32. The average molecular weight is 516 g/mol. The van der Waals surface area contributed by atoms with Crippen LogP contribution in [0.1, 0.15) is 29.5 Å². The van der Waals surface area contributed by atoms with E-state index in [1.54, 1.807) is 28.8 Å². The number of methoxy groups -OCH3 is 1. The van der Waals surface area contributed by atoms with Gasteiger partial charge in [0.2, 0.25) is 10.0 Å². The highest BCUT2D eigenvalue weighted by molar-refractivity contribution is 7.89. The lowest BCUT2D eigenvalue weighted by atomic mass is 9.98. The summed E-state index contributed by atoms with van der Waals surface area (Å²) in [6, 6.07) is 10.8. The molecule has 186 valence electrons. The largest absolute Gasteiger partial charge is 0.468 e. The van der Waals surface area contributed by atoms with Gasteiger partial charge >= 0.3 is 5.97 Å². The molecule has 0 bridgehead atoms. The van der Waals surface area contributed by atoms with E-state index in [0.29, 0.717) is 17.6 Å². The van der Waals surface area contributed by atoms with Gasteiger partial charge in [0.25, 0.3) is 5.91 Å². The molecule has 0 aliphatic carbocycles. The van der Waals surface area contributed by atoms with Crippen molar-refractivity contribution in [3.8, 4) is 0 Å².